The molecule has 0 bridgehead atoms. The number of carbonyl (C=O) groups is 2. The number of amides is 1. The van der Waals surface area contributed by atoms with E-state index < -0.39 is 5.97 Å². The molecule has 120 valence electrons. The number of hydrogen-bond donors (Lipinski definition) is 1. The van der Waals surface area contributed by atoms with Gasteiger partial charge in [-0.05, 0) is 30.2 Å². The van der Waals surface area contributed by atoms with E-state index in [0.29, 0.717) is 17.9 Å². The SMILES string of the molecule is CCCOC(=O)c1ccccc1NC(=O)Cc1ccccc1Br. The van der Waals surface area contributed by atoms with Gasteiger partial charge in [-0.15, -0.1) is 0 Å². The summed E-state index contributed by atoms with van der Waals surface area (Å²) in [6.07, 6.45) is 0.974. The smallest absolute Gasteiger partial charge is 0.340 e. The van der Waals surface area contributed by atoms with Crippen LogP contribution in [0.25, 0.3) is 0 Å². The molecule has 0 atom stereocenters. The summed E-state index contributed by atoms with van der Waals surface area (Å²) in [6, 6.07) is 14.4. The highest BCUT2D eigenvalue weighted by molar-refractivity contribution is 9.10. The van der Waals surface area contributed by atoms with Crippen molar-refractivity contribution in [3.8, 4) is 0 Å². The lowest BCUT2D eigenvalue weighted by Crippen LogP contribution is -2.18. The minimum absolute atomic E-state index is 0.187. The van der Waals surface area contributed by atoms with Crippen LogP contribution in [-0.2, 0) is 16.0 Å². The molecule has 0 unspecified atom stereocenters. The van der Waals surface area contributed by atoms with Gasteiger partial charge in [0.2, 0.25) is 5.91 Å². The Kier molecular flexibility index (Phi) is 6.35. The number of rotatable bonds is 6. The lowest BCUT2D eigenvalue weighted by Gasteiger charge is -2.11. The normalized spacial score (nSPS) is 10.2. The summed E-state index contributed by atoms with van der Waals surface area (Å²) in [6.45, 7) is 2.29. The predicted molar refractivity (Wildman–Crippen MR) is 93.5 cm³/mol. The third-order valence-corrected chi connectivity index (χ3v) is 3.94. The van der Waals surface area contributed by atoms with Crippen molar-refractivity contribution in [2.45, 2.75) is 19.8 Å². The predicted octanol–water partition coefficient (Wildman–Crippen LogP) is 4.20. The maximum Gasteiger partial charge on any atom is 0.340 e. The van der Waals surface area contributed by atoms with Crippen molar-refractivity contribution < 1.29 is 14.3 Å². The Morgan fingerprint density at radius 2 is 1.78 bits per heavy atom. The van der Waals surface area contributed by atoms with Crippen molar-refractivity contribution in [3.05, 3.63) is 64.1 Å². The Morgan fingerprint density at radius 1 is 1.09 bits per heavy atom. The summed E-state index contributed by atoms with van der Waals surface area (Å²) >= 11 is 3.42. The molecule has 1 amide bonds. The molecule has 0 radical (unpaired) electrons. The van der Waals surface area contributed by atoms with E-state index in [4.69, 9.17) is 4.74 Å². The monoisotopic (exact) mass is 375 g/mol. The molecular formula is C18H18BrNO3. The Balaban J connectivity index is 2.09. The van der Waals surface area contributed by atoms with Crippen molar-refractivity contribution in [2.75, 3.05) is 11.9 Å². The number of para-hydroxylation sites is 1. The van der Waals surface area contributed by atoms with Gasteiger partial charge in [-0.1, -0.05) is 53.2 Å². The molecule has 0 fully saturated rings. The first-order valence-corrected chi connectivity index (χ1v) is 8.20. The van der Waals surface area contributed by atoms with Crippen LogP contribution in [0.3, 0.4) is 0 Å². The Morgan fingerprint density at radius 3 is 2.52 bits per heavy atom. The van der Waals surface area contributed by atoms with E-state index in [1.807, 2.05) is 31.2 Å². The topological polar surface area (TPSA) is 55.4 Å². The molecule has 0 spiro atoms. The number of hydrogen-bond acceptors (Lipinski definition) is 3. The highest BCUT2D eigenvalue weighted by Crippen LogP contribution is 2.19. The highest BCUT2D eigenvalue weighted by atomic mass is 79.9. The molecule has 0 saturated carbocycles. The van der Waals surface area contributed by atoms with Crippen molar-refractivity contribution in [1.82, 2.24) is 0 Å². The van der Waals surface area contributed by atoms with Gasteiger partial charge in [0.05, 0.1) is 24.3 Å². The summed E-state index contributed by atoms with van der Waals surface area (Å²) in [5, 5.41) is 2.78. The van der Waals surface area contributed by atoms with E-state index in [1.54, 1.807) is 24.3 Å². The number of benzene rings is 2. The third-order valence-electron chi connectivity index (χ3n) is 3.17. The highest BCUT2D eigenvalue weighted by Gasteiger charge is 2.14. The first kappa shape index (κ1) is 17.2. The molecule has 2 aromatic rings. The van der Waals surface area contributed by atoms with Crippen LogP contribution in [-0.4, -0.2) is 18.5 Å². The minimum atomic E-state index is -0.427. The number of ether oxygens (including phenoxy) is 1. The molecule has 0 aliphatic rings. The quantitative estimate of drug-likeness (QED) is 0.769. The number of esters is 1. The molecule has 1 N–H and O–H groups in total. The summed E-state index contributed by atoms with van der Waals surface area (Å²) in [5.74, 6) is -0.615. The second-order valence-electron chi connectivity index (χ2n) is 5.00. The van der Waals surface area contributed by atoms with Gasteiger partial charge in [0.25, 0.3) is 0 Å². The third kappa shape index (κ3) is 4.93. The fourth-order valence-electron chi connectivity index (χ4n) is 2.05. The van der Waals surface area contributed by atoms with E-state index >= 15 is 0 Å². The molecule has 0 saturated heterocycles. The Labute approximate surface area is 144 Å². The van der Waals surface area contributed by atoms with E-state index in [1.165, 1.54) is 0 Å². The Bertz CT molecular complexity index is 700. The van der Waals surface area contributed by atoms with Gasteiger partial charge in [0.1, 0.15) is 0 Å². The number of nitrogens with one attached hydrogen (secondary N) is 1. The van der Waals surface area contributed by atoms with Crippen molar-refractivity contribution in [2.24, 2.45) is 0 Å². The molecule has 2 rings (SSSR count). The fraction of sp³-hybridized carbons (Fsp3) is 0.222. The van der Waals surface area contributed by atoms with Gasteiger partial charge < -0.3 is 10.1 Å². The first-order chi connectivity index (χ1) is 11.1. The number of halogens is 1. The molecule has 23 heavy (non-hydrogen) atoms. The first-order valence-electron chi connectivity index (χ1n) is 7.41. The van der Waals surface area contributed by atoms with Gasteiger partial charge >= 0.3 is 5.97 Å². The number of carbonyl (C=O) groups excluding carboxylic acids is 2. The molecule has 0 heterocycles. The van der Waals surface area contributed by atoms with Crippen molar-refractivity contribution >= 4 is 33.5 Å². The standard InChI is InChI=1S/C18H18BrNO3/c1-2-11-23-18(22)14-8-4-6-10-16(14)20-17(21)12-13-7-3-5-9-15(13)19/h3-10H,2,11-12H2,1H3,(H,20,21). The van der Waals surface area contributed by atoms with Gasteiger partial charge in [-0.3, -0.25) is 4.79 Å². The van der Waals surface area contributed by atoms with Crippen molar-refractivity contribution in [3.63, 3.8) is 0 Å². The molecular weight excluding hydrogens is 358 g/mol. The molecule has 5 heteroatoms. The number of anilines is 1. The van der Waals surface area contributed by atoms with Crippen LogP contribution < -0.4 is 5.32 Å². The average Bonchev–Trinajstić information content (AvgIpc) is 2.55. The van der Waals surface area contributed by atoms with Gasteiger partial charge in [0.15, 0.2) is 0 Å². The lowest BCUT2D eigenvalue weighted by atomic mass is 10.1. The summed E-state index contributed by atoms with van der Waals surface area (Å²) in [7, 11) is 0. The summed E-state index contributed by atoms with van der Waals surface area (Å²) in [4.78, 5) is 24.3. The van der Waals surface area contributed by atoms with E-state index in [2.05, 4.69) is 21.2 Å². The second-order valence-corrected chi connectivity index (χ2v) is 5.85. The Hall–Kier alpha value is -2.14. The molecule has 0 aliphatic carbocycles. The average molecular weight is 376 g/mol. The molecule has 2 aromatic carbocycles. The summed E-state index contributed by atoms with van der Waals surface area (Å²) < 4.78 is 6.02. The van der Waals surface area contributed by atoms with E-state index in [9.17, 15) is 9.59 Å². The van der Waals surface area contributed by atoms with Crippen molar-refractivity contribution in [1.29, 1.82) is 0 Å². The maximum atomic E-state index is 12.2. The van der Waals surface area contributed by atoms with Crippen LogP contribution in [0, 0.1) is 0 Å². The minimum Gasteiger partial charge on any atom is -0.462 e. The van der Waals surface area contributed by atoms with Gasteiger partial charge in [-0.25, -0.2) is 4.79 Å². The van der Waals surface area contributed by atoms with Gasteiger partial charge in [-0.2, -0.15) is 0 Å². The molecule has 0 aliphatic heterocycles. The molecule has 0 aromatic heterocycles. The fourth-order valence-corrected chi connectivity index (χ4v) is 2.48. The van der Waals surface area contributed by atoms with E-state index in [-0.39, 0.29) is 12.3 Å². The van der Waals surface area contributed by atoms with Crippen LogP contribution in [0.5, 0.6) is 0 Å². The zero-order chi connectivity index (χ0) is 16.7. The zero-order valence-corrected chi connectivity index (χ0v) is 14.4. The zero-order valence-electron chi connectivity index (χ0n) is 12.8. The second kappa shape index (κ2) is 8.48. The molecule has 4 nitrogen and oxygen atoms in total. The summed E-state index contributed by atoms with van der Waals surface area (Å²) in [5.41, 5.74) is 1.71. The van der Waals surface area contributed by atoms with E-state index in [0.717, 1.165) is 16.5 Å². The lowest BCUT2D eigenvalue weighted by molar-refractivity contribution is -0.115. The van der Waals surface area contributed by atoms with Crippen LogP contribution >= 0.6 is 15.9 Å². The van der Waals surface area contributed by atoms with Crippen LogP contribution in [0.2, 0.25) is 0 Å². The van der Waals surface area contributed by atoms with Crippen LogP contribution in [0.4, 0.5) is 5.69 Å². The maximum absolute atomic E-state index is 12.2. The largest absolute Gasteiger partial charge is 0.462 e. The van der Waals surface area contributed by atoms with Gasteiger partial charge in [0, 0.05) is 4.47 Å². The van der Waals surface area contributed by atoms with Crippen LogP contribution in [0.1, 0.15) is 29.3 Å². The van der Waals surface area contributed by atoms with Crippen LogP contribution in [0.15, 0.2) is 53.0 Å².